The molecule has 62 valence electrons. The predicted molar refractivity (Wildman–Crippen MR) is 48.1 cm³/mol. The van der Waals surface area contributed by atoms with Crippen LogP contribution in [0.4, 0.5) is 4.39 Å². The quantitative estimate of drug-likeness (QED) is 0.723. The molecular formula is C9H7BrFN. The minimum absolute atomic E-state index is 0.341. The third-order valence-corrected chi connectivity index (χ3v) is 2.25. The largest absolute Gasteiger partial charge is 0.205 e. The van der Waals surface area contributed by atoms with Crippen LogP contribution in [0.5, 0.6) is 0 Å². The van der Waals surface area contributed by atoms with Crippen LogP contribution in [0.25, 0.3) is 0 Å². The maximum atomic E-state index is 13.2. The van der Waals surface area contributed by atoms with E-state index in [1.807, 2.05) is 6.07 Å². The van der Waals surface area contributed by atoms with Crippen molar-refractivity contribution in [2.45, 2.75) is 12.8 Å². The second-order valence-corrected chi connectivity index (χ2v) is 3.35. The highest BCUT2D eigenvalue weighted by atomic mass is 79.9. The van der Waals surface area contributed by atoms with Gasteiger partial charge in [0.2, 0.25) is 0 Å². The van der Waals surface area contributed by atoms with Gasteiger partial charge in [0.15, 0.2) is 0 Å². The number of rotatable bonds is 1. The van der Waals surface area contributed by atoms with Crippen molar-refractivity contribution in [3.8, 4) is 6.07 Å². The van der Waals surface area contributed by atoms with Crippen LogP contribution in [0.15, 0.2) is 22.7 Å². The van der Waals surface area contributed by atoms with Crippen LogP contribution in [-0.2, 0) is 0 Å². The van der Waals surface area contributed by atoms with Crippen molar-refractivity contribution in [3.63, 3.8) is 0 Å². The molecule has 0 bridgehead atoms. The van der Waals surface area contributed by atoms with Gasteiger partial charge in [-0.15, -0.1) is 0 Å². The van der Waals surface area contributed by atoms with Crippen molar-refractivity contribution in [3.05, 3.63) is 34.1 Å². The summed E-state index contributed by atoms with van der Waals surface area (Å²) in [5.41, 5.74) is 0.437. The van der Waals surface area contributed by atoms with Gasteiger partial charge in [0.25, 0.3) is 0 Å². The summed E-state index contributed by atoms with van der Waals surface area (Å²) in [6.45, 7) is 1.67. The third kappa shape index (κ3) is 1.64. The summed E-state index contributed by atoms with van der Waals surface area (Å²) < 4.78 is 13.6. The first kappa shape index (κ1) is 9.21. The molecule has 0 saturated heterocycles. The van der Waals surface area contributed by atoms with Gasteiger partial charge < -0.3 is 0 Å². The van der Waals surface area contributed by atoms with Gasteiger partial charge in [-0.2, -0.15) is 5.26 Å². The molecule has 1 atom stereocenters. The number of nitrogens with zero attached hydrogens (tertiary/aromatic N) is 1. The van der Waals surface area contributed by atoms with Crippen LogP contribution >= 0.6 is 15.9 Å². The van der Waals surface area contributed by atoms with Crippen molar-refractivity contribution in [1.82, 2.24) is 0 Å². The average molecular weight is 228 g/mol. The van der Waals surface area contributed by atoms with Gasteiger partial charge in [-0.25, -0.2) is 4.39 Å². The van der Waals surface area contributed by atoms with Gasteiger partial charge in [-0.1, -0.05) is 12.1 Å². The Labute approximate surface area is 79.0 Å². The van der Waals surface area contributed by atoms with Crippen LogP contribution in [-0.4, -0.2) is 0 Å². The first-order valence-electron chi connectivity index (χ1n) is 3.50. The molecule has 0 radical (unpaired) electrons. The Morgan fingerprint density at radius 2 is 2.25 bits per heavy atom. The molecule has 0 amide bonds. The number of nitriles is 1. The maximum Gasteiger partial charge on any atom is 0.141 e. The van der Waals surface area contributed by atoms with E-state index < -0.39 is 5.92 Å². The molecule has 1 nitrogen and oxygen atoms in total. The van der Waals surface area contributed by atoms with E-state index in [0.717, 1.165) is 0 Å². The normalized spacial score (nSPS) is 12.2. The number of benzene rings is 1. The molecule has 1 unspecified atom stereocenters. The standard InChI is InChI=1S/C9H7BrFN/c1-6(5-12)7-3-2-4-8(10)9(7)11/h2-4,6H,1H3. The van der Waals surface area contributed by atoms with Gasteiger partial charge in [0.05, 0.1) is 16.5 Å². The Bertz CT molecular complexity index is 330. The Kier molecular flexibility index (Phi) is 2.83. The number of halogens is 2. The minimum Gasteiger partial charge on any atom is -0.205 e. The van der Waals surface area contributed by atoms with Crippen molar-refractivity contribution in [2.24, 2.45) is 0 Å². The zero-order chi connectivity index (χ0) is 9.14. The summed E-state index contributed by atoms with van der Waals surface area (Å²) in [4.78, 5) is 0. The number of hydrogen-bond acceptors (Lipinski definition) is 1. The summed E-state index contributed by atoms with van der Waals surface area (Å²) in [7, 11) is 0. The van der Waals surface area contributed by atoms with Gasteiger partial charge in [-0.05, 0) is 28.9 Å². The van der Waals surface area contributed by atoms with E-state index in [9.17, 15) is 4.39 Å². The molecule has 0 fully saturated rings. The molecule has 1 aromatic carbocycles. The molecular weight excluding hydrogens is 221 g/mol. The first-order valence-corrected chi connectivity index (χ1v) is 4.29. The van der Waals surface area contributed by atoms with Crippen molar-refractivity contribution in [2.75, 3.05) is 0 Å². The third-order valence-electron chi connectivity index (χ3n) is 1.64. The SMILES string of the molecule is CC(C#N)c1cccc(Br)c1F. The monoisotopic (exact) mass is 227 g/mol. The Morgan fingerprint density at radius 3 is 2.83 bits per heavy atom. The molecule has 1 aromatic rings. The summed E-state index contributed by atoms with van der Waals surface area (Å²) in [5, 5.41) is 8.57. The van der Waals surface area contributed by atoms with Crippen LogP contribution in [0.1, 0.15) is 18.4 Å². The van der Waals surface area contributed by atoms with Crippen molar-refractivity contribution in [1.29, 1.82) is 5.26 Å². The topological polar surface area (TPSA) is 23.8 Å². The molecule has 12 heavy (non-hydrogen) atoms. The van der Waals surface area contributed by atoms with Crippen LogP contribution in [0.3, 0.4) is 0 Å². The zero-order valence-electron chi connectivity index (χ0n) is 6.51. The molecule has 0 aromatic heterocycles. The minimum atomic E-state index is -0.400. The second-order valence-electron chi connectivity index (χ2n) is 2.49. The van der Waals surface area contributed by atoms with Crippen molar-refractivity contribution >= 4 is 15.9 Å². The molecule has 0 saturated carbocycles. The van der Waals surface area contributed by atoms with Gasteiger partial charge in [0, 0.05) is 5.56 Å². The van der Waals surface area contributed by atoms with Gasteiger partial charge in [0.1, 0.15) is 5.82 Å². The lowest BCUT2D eigenvalue weighted by molar-refractivity contribution is 0.600. The fraction of sp³-hybridized carbons (Fsp3) is 0.222. The molecule has 0 spiro atoms. The van der Waals surface area contributed by atoms with E-state index in [0.29, 0.717) is 10.0 Å². The van der Waals surface area contributed by atoms with E-state index in [1.54, 1.807) is 25.1 Å². The van der Waals surface area contributed by atoms with Crippen LogP contribution < -0.4 is 0 Å². The predicted octanol–water partition coefficient (Wildman–Crippen LogP) is 3.22. The Balaban J connectivity index is 3.18. The maximum absolute atomic E-state index is 13.2. The van der Waals surface area contributed by atoms with Gasteiger partial charge >= 0.3 is 0 Å². The van der Waals surface area contributed by atoms with E-state index in [2.05, 4.69) is 15.9 Å². The van der Waals surface area contributed by atoms with E-state index in [1.165, 1.54) is 0 Å². The summed E-state index contributed by atoms with van der Waals surface area (Å²) in [5.74, 6) is -0.742. The molecule has 1 rings (SSSR count). The lowest BCUT2D eigenvalue weighted by atomic mass is 10.0. The van der Waals surface area contributed by atoms with Crippen molar-refractivity contribution < 1.29 is 4.39 Å². The van der Waals surface area contributed by atoms with Gasteiger partial charge in [-0.3, -0.25) is 0 Å². The molecule has 0 aliphatic rings. The van der Waals surface area contributed by atoms with E-state index in [4.69, 9.17) is 5.26 Å². The molecule has 0 N–H and O–H groups in total. The highest BCUT2D eigenvalue weighted by Gasteiger charge is 2.11. The van der Waals surface area contributed by atoms with Crippen LogP contribution in [0, 0.1) is 17.1 Å². The highest BCUT2D eigenvalue weighted by Crippen LogP contribution is 2.24. The highest BCUT2D eigenvalue weighted by molar-refractivity contribution is 9.10. The molecule has 0 aliphatic heterocycles. The lowest BCUT2D eigenvalue weighted by Gasteiger charge is -2.04. The Hall–Kier alpha value is -0.880. The molecule has 3 heteroatoms. The summed E-state index contributed by atoms with van der Waals surface area (Å²) in [6, 6.07) is 6.94. The summed E-state index contributed by atoms with van der Waals surface area (Å²) >= 11 is 3.06. The zero-order valence-corrected chi connectivity index (χ0v) is 8.10. The fourth-order valence-corrected chi connectivity index (χ4v) is 1.31. The second kappa shape index (κ2) is 3.68. The molecule has 0 heterocycles. The fourth-order valence-electron chi connectivity index (χ4n) is 0.924. The van der Waals surface area contributed by atoms with Crippen LogP contribution in [0.2, 0.25) is 0 Å². The first-order chi connectivity index (χ1) is 5.66. The van der Waals surface area contributed by atoms with E-state index in [-0.39, 0.29) is 5.82 Å². The Morgan fingerprint density at radius 1 is 1.58 bits per heavy atom. The smallest absolute Gasteiger partial charge is 0.141 e. The molecule has 0 aliphatic carbocycles. The summed E-state index contributed by atoms with van der Waals surface area (Å²) in [6.07, 6.45) is 0. The van der Waals surface area contributed by atoms with E-state index >= 15 is 0 Å². The average Bonchev–Trinajstić information content (AvgIpc) is 2.08. The number of hydrogen-bond donors (Lipinski definition) is 0. The lowest BCUT2D eigenvalue weighted by Crippen LogP contribution is -1.94.